The molecular formula is C34H44O4. The van der Waals surface area contributed by atoms with Crippen molar-refractivity contribution in [3.8, 4) is 11.5 Å². The predicted molar refractivity (Wildman–Crippen MR) is 149 cm³/mol. The van der Waals surface area contributed by atoms with Crippen molar-refractivity contribution >= 4 is 10.8 Å². The fourth-order valence-electron chi connectivity index (χ4n) is 11.6. The molecule has 8 saturated carbocycles. The highest BCUT2D eigenvalue weighted by molar-refractivity contribution is 5.94. The lowest BCUT2D eigenvalue weighted by molar-refractivity contribution is -0.00791. The van der Waals surface area contributed by atoms with Gasteiger partial charge < -0.3 is 19.7 Å². The highest BCUT2D eigenvalue weighted by Gasteiger charge is 2.54. The van der Waals surface area contributed by atoms with Crippen molar-refractivity contribution in [1.29, 1.82) is 0 Å². The fourth-order valence-corrected chi connectivity index (χ4v) is 11.6. The maximum absolute atomic E-state index is 9.66. The molecule has 0 atom stereocenters. The number of rotatable bonds is 8. The van der Waals surface area contributed by atoms with Gasteiger partial charge in [-0.25, -0.2) is 0 Å². The molecule has 2 aromatic carbocycles. The van der Waals surface area contributed by atoms with E-state index in [1.807, 2.05) is 6.07 Å². The first kappa shape index (κ1) is 24.1. The number of ether oxygens (including phenoxy) is 2. The summed E-state index contributed by atoms with van der Waals surface area (Å²) in [4.78, 5) is 0. The second-order valence-electron chi connectivity index (χ2n) is 14.6. The van der Waals surface area contributed by atoms with E-state index < -0.39 is 0 Å². The maximum Gasteiger partial charge on any atom is 0.131 e. The fraction of sp³-hybridized carbons (Fsp3) is 0.706. The minimum atomic E-state index is -0.00326. The summed E-state index contributed by atoms with van der Waals surface area (Å²) in [7, 11) is 0. The molecule has 204 valence electrons. The van der Waals surface area contributed by atoms with Gasteiger partial charge in [0.1, 0.15) is 24.7 Å². The number of aliphatic hydroxyl groups excluding tert-OH is 2. The van der Waals surface area contributed by atoms with E-state index in [-0.39, 0.29) is 31.8 Å². The monoisotopic (exact) mass is 516 g/mol. The molecule has 8 aliphatic carbocycles. The molecular weight excluding hydrogens is 472 g/mol. The summed E-state index contributed by atoms with van der Waals surface area (Å²) in [6, 6.07) is 9.43. The number of hydrogen-bond donors (Lipinski definition) is 2. The van der Waals surface area contributed by atoms with Crippen molar-refractivity contribution in [2.24, 2.45) is 35.5 Å². The average molecular weight is 517 g/mol. The third kappa shape index (κ3) is 3.76. The molecule has 4 heteroatoms. The molecule has 0 aromatic heterocycles. The van der Waals surface area contributed by atoms with E-state index in [4.69, 9.17) is 9.47 Å². The van der Waals surface area contributed by atoms with Crippen molar-refractivity contribution in [2.75, 3.05) is 26.4 Å². The molecule has 4 nitrogen and oxygen atoms in total. The lowest BCUT2D eigenvalue weighted by atomic mass is 9.46. The molecule has 0 amide bonds. The Morgan fingerprint density at radius 1 is 0.605 bits per heavy atom. The molecule has 0 radical (unpaired) electrons. The van der Waals surface area contributed by atoms with Crippen LogP contribution in [0.5, 0.6) is 11.5 Å². The Morgan fingerprint density at radius 3 is 1.63 bits per heavy atom. The first-order valence-electron chi connectivity index (χ1n) is 15.6. The number of fused-ring (bicyclic) bond motifs is 1. The molecule has 10 rings (SSSR count). The van der Waals surface area contributed by atoms with Crippen LogP contribution in [0.1, 0.15) is 88.2 Å². The molecule has 8 bridgehead atoms. The van der Waals surface area contributed by atoms with Gasteiger partial charge in [0.25, 0.3) is 0 Å². The van der Waals surface area contributed by atoms with Crippen LogP contribution in [-0.2, 0) is 10.8 Å². The third-order valence-electron chi connectivity index (χ3n) is 12.0. The van der Waals surface area contributed by atoms with Crippen LogP contribution in [0.15, 0.2) is 24.3 Å². The highest BCUT2D eigenvalue weighted by atomic mass is 16.5. The Morgan fingerprint density at radius 2 is 1.11 bits per heavy atom. The molecule has 0 heterocycles. The van der Waals surface area contributed by atoms with Gasteiger partial charge in [-0.2, -0.15) is 0 Å². The molecule has 2 N–H and O–H groups in total. The van der Waals surface area contributed by atoms with E-state index in [2.05, 4.69) is 18.2 Å². The second-order valence-corrected chi connectivity index (χ2v) is 14.6. The summed E-state index contributed by atoms with van der Waals surface area (Å²) < 4.78 is 12.3. The Kier molecular flexibility index (Phi) is 5.61. The minimum Gasteiger partial charge on any atom is -0.491 e. The van der Waals surface area contributed by atoms with E-state index >= 15 is 0 Å². The largest absolute Gasteiger partial charge is 0.491 e. The summed E-state index contributed by atoms with van der Waals surface area (Å²) in [5.41, 5.74) is 3.76. The topological polar surface area (TPSA) is 58.9 Å². The Bertz CT molecular complexity index is 1160. The molecule has 8 fully saturated rings. The van der Waals surface area contributed by atoms with Crippen molar-refractivity contribution in [3.05, 3.63) is 35.4 Å². The lowest BCUT2D eigenvalue weighted by Gasteiger charge is -2.59. The van der Waals surface area contributed by atoms with E-state index in [1.165, 1.54) is 87.8 Å². The first-order chi connectivity index (χ1) is 18.5. The minimum absolute atomic E-state index is 0.00127. The predicted octanol–water partition coefficient (Wildman–Crippen LogP) is 6.52. The van der Waals surface area contributed by atoms with Gasteiger partial charge in [-0.05, 0) is 146 Å². The number of benzene rings is 2. The first-order valence-corrected chi connectivity index (χ1v) is 15.6. The molecule has 2 aromatic rings. The van der Waals surface area contributed by atoms with Crippen LogP contribution in [-0.4, -0.2) is 36.6 Å². The highest BCUT2D eigenvalue weighted by Crippen LogP contribution is 2.64. The van der Waals surface area contributed by atoms with Crippen LogP contribution in [0.4, 0.5) is 0 Å². The molecule has 38 heavy (non-hydrogen) atoms. The Balaban J connectivity index is 1.33. The van der Waals surface area contributed by atoms with Crippen LogP contribution in [0, 0.1) is 35.5 Å². The van der Waals surface area contributed by atoms with Gasteiger partial charge in [0.2, 0.25) is 0 Å². The van der Waals surface area contributed by atoms with Crippen molar-refractivity contribution in [3.63, 3.8) is 0 Å². The van der Waals surface area contributed by atoms with Crippen molar-refractivity contribution < 1.29 is 19.7 Å². The Labute approximate surface area is 227 Å². The van der Waals surface area contributed by atoms with Crippen molar-refractivity contribution in [1.82, 2.24) is 0 Å². The summed E-state index contributed by atoms with van der Waals surface area (Å²) in [5.74, 6) is 7.02. The maximum atomic E-state index is 9.66. The zero-order chi connectivity index (χ0) is 25.5. The van der Waals surface area contributed by atoms with E-state index in [0.29, 0.717) is 5.41 Å². The van der Waals surface area contributed by atoms with Crippen LogP contribution in [0.25, 0.3) is 10.8 Å². The number of hydrogen-bond acceptors (Lipinski definition) is 4. The molecule has 0 aliphatic heterocycles. The van der Waals surface area contributed by atoms with Crippen LogP contribution in [0.3, 0.4) is 0 Å². The van der Waals surface area contributed by atoms with Gasteiger partial charge >= 0.3 is 0 Å². The van der Waals surface area contributed by atoms with Gasteiger partial charge in [-0.1, -0.05) is 12.1 Å². The van der Waals surface area contributed by atoms with Gasteiger partial charge in [0.05, 0.1) is 13.2 Å². The summed E-state index contributed by atoms with van der Waals surface area (Å²) in [6.45, 7) is 0.565. The van der Waals surface area contributed by atoms with Gasteiger partial charge in [-0.3, -0.25) is 0 Å². The van der Waals surface area contributed by atoms with Crippen LogP contribution < -0.4 is 9.47 Å². The standard InChI is InChI=1S/C34H44O4/c35-1-3-37-29-12-27-11-28(33-15-21-5-22(16-33)7-23(6-21)17-33)13-30(32(27)31(14-29)38-4-2-36)34-18-24-8-25(19-34)10-26(9-24)20-34/h11-14,21-26,35-36H,1-10,15-20H2. The van der Waals surface area contributed by atoms with E-state index in [0.717, 1.165) is 47.0 Å². The third-order valence-corrected chi connectivity index (χ3v) is 12.0. The normalized spacial score (nSPS) is 40.3. The van der Waals surface area contributed by atoms with Gasteiger partial charge in [0.15, 0.2) is 0 Å². The zero-order valence-corrected chi connectivity index (χ0v) is 22.8. The smallest absolute Gasteiger partial charge is 0.131 e. The second kappa shape index (κ2) is 8.86. The van der Waals surface area contributed by atoms with Crippen molar-refractivity contribution in [2.45, 2.75) is 87.9 Å². The Hall–Kier alpha value is -1.78. The molecule has 0 unspecified atom stereocenters. The quantitative estimate of drug-likeness (QED) is 0.420. The molecule has 0 spiro atoms. The van der Waals surface area contributed by atoms with Crippen LogP contribution in [0.2, 0.25) is 0 Å². The molecule has 0 saturated heterocycles. The lowest BCUT2D eigenvalue weighted by Crippen LogP contribution is -2.50. The summed E-state index contributed by atoms with van der Waals surface area (Å²) in [5, 5.41) is 21.6. The zero-order valence-electron chi connectivity index (χ0n) is 22.8. The molecule has 8 aliphatic rings. The average Bonchev–Trinajstić information content (AvgIpc) is 2.88. The van der Waals surface area contributed by atoms with Gasteiger partial charge in [0, 0.05) is 11.5 Å². The number of aliphatic hydroxyl groups is 2. The summed E-state index contributed by atoms with van der Waals surface area (Å²) in [6.07, 6.45) is 16.9. The SMILES string of the molecule is OCCOc1cc(OCCO)c2c(C34CC5CC(CC(C5)C3)C4)cc(C34CC5CC(CC(C5)C3)C4)cc2c1. The van der Waals surface area contributed by atoms with Gasteiger partial charge in [-0.15, -0.1) is 0 Å². The van der Waals surface area contributed by atoms with E-state index in [1.54, 1.807) is 11.1 Å². The van der Waals surface area contributed by atoms with E-state index in [9.17, 15) is 10.2 Å². The van der Waals surface area contributed by atoms with Crippen LogP contribution >= 0.6 is 0 Å². The summed E-state index contributed by atoms with van der Waals surface area (Å²) >= 11 is 0.